The van der Waals surface area contributed by atoms with E-state index in [2.05, 4.69) is 46.3 Å². The molecule has 1 aromatic carbocycles. The van der Waals surface area contributed by atoms with Crippen molar-refractivity contribution in [2.75, 3.05) is 39.2 Å². The zero-order valence-electron chi connectivity index (χ0n) is 16.8. The molecule has 2 fully saturated rings. The lowest BCUT2D eigenvalue weighted by Gasteiger charge is -2.25. The molecule has 1 N–H and O–H groups in total. The summed E-state index contributed by atoms with van der Waals surface area (Å²) in [6.45, 7) is 1.75. The van der Waals surface area contributed by atoms with Crippen LogP contribution in [0.5, 0.6) is 5.75 Å². The second-order valence-corrected chi connectivity index (χ2v) is 7.97. The molecule has 1 amide bonds. The van der Waals surface area contributed by atoms with E-state index in [1.54, 1.807) is 19.4 Å². The number of rotatable bonds is 6. The topological polar surface area (TPSA) is 57.7 Å². The fraction of sp³-hybridized carbons (Fsp3) is 0.455. The van der Waals surface area contributed by atoms with Gasteiger partial charge < -0.3 is 19.9 Å². The molecule has 0 bridgehead atoms. The van der Waals surface area contributed by atoms with Gasteiger partial charge in [0.2, 0.25) is 0 Å². The monoisotopic (exact) mass is 380 g/mol. The number of aromatic nitrogens is 1. The molecule has 6 nitrogen and oxygen atoms in total. The van der Waals surface area contributed by atoms with Crippen molar-refractivity contribution in [2.24, 2.45) is 0 Å². The highest BCUT2D eigenvalue weighted by atomic mass is 16.5. The second kappa shape index (κ2) is 7.80. The molecule has 0 spiro atoms. The Morgan fingerprint density at radius 2 is 1.93 bits per heavy atom. The number of benzene rings is 1. The highest BCUT2D eigenvalue weighted by Crippen LogP contribution is 2.33. The average Bonchev–Trinajstić information content (AvgIpc) is 3.41. The summed E-state index contributed by atoms with van der Waals surface area (Å²) in [6.07, 6.45) is 3.91. The second-order valence-electron chi connectivity index (χ2n) is 7.97. The molecule has 1 aromatic heterocycles. The van der Waals surface area contributed by atoms with E-state index in [1.807, 2.05) is 18.2 Å². The van der Waals surface area contributed by atoms with E-state index in [1.165, 1.54) is 5.56 Å². The number of hydrogen-bond donors (Lipinski definition) is 1. The number of carbonyl (C=O) groups is 1. The maximum Gasteiger partial charge on any atom is 0.251 e. The first-order chi connectivity index (χ1) is 13.5. The summed E-state index contributed by atoms with van der Waals surface area (Å²) in [7, 11) is 5.93. The molecule has 28 heavy (non-hydrogen) atoms. The van der Waals surface area contributed by atoms with Gasteiger partial charge in [-0.3, -0.25) is 4.79 Å². The predicted molar refractivity (Wildman–Crippen MR) is 110 cm³/mol. The average molecular weight is 380 g/mol. The zero-order chi connectivity index (χ0) is 19.7. The summed E-state index contributed by atoms with van der Waals surface area (Å²) in [6, 6.07) is 12.8. The van der Waals surface area contributed by atoms with Crippen LogP contribution in [0.25, 0.3) is 0 Å². The summed E-state index contributed by atoms with van der Waals surface area (Å²) < 4.78 is 5.30. The van der Waals surface area contributed by atoms with Crippen LogP contribution in [0.2, 0.25) is 0 Å². The molecule has 148 valence electrons. The molecule has 2 aliphatic rings. The Morgan fingerprint density at radius 3 is 2.57 bits per heavy atom. The highest BCUT2D eigenvalue weighted by Gasteiger charge is 2.36. The lowest BCUT2D eigenvalue weighted by Crippen LogP contribution is -2.34. The number of likely N-dealkylation sites (N-methyl/N-ethyl adjacent to an activating group) is 1. The summed E-state index contributed by atoms with van der Waals surface area (Å²) in [5, 5.41) is 3.06. The number of nitrogens with one attached hydrogen (secondary N) is 1. The van der Waals surface area contributed by atoms with Crippen molar-refractivity contribution in [2.45, 2.75) is 30.8 Å². The summed E-state index contributed by atoms with van der Waals surface area (Å²) in [4.78, 5) is 21.5. The molecule has 0 radical (unpaired) electrons. The van der Waals surface area contributed by atoms with Gasteiger partial charge in [0, 0.05) is 42.9 Å². The minimum Gasteiger partial charge on any atom is -0.497 e. The van der Waals surface area contributed by atoms with E-state index < -0.39 is 0 Å². The Balaban J connectivity index is 1.54. The van der Waals surface area contributed by atoms with Crippen molar-refractivity contribution in [3.8, 4) is 5.75 Å². The predicted octanol–water partition coefficient (Wildman–Crippen LogP) is 2.52. The van der Waals surface area contributed by atoms with Crippen LogP contribution < -0.4 is 15.0 Å². The number of carbonyl (C=O) groups excluding carboxylic acids is 1. The minimum atomic E-state index is 0.00112. The Hall–Kier alpha value is -2.60. The number of pyridine rings is 1. The molecule has 4 rings (SSSR count). The normalized spacial score (nSPS) is 21.8. The van der Waals surface area contributed by atoms with Gasteiger partial charge in [-0.05, 0) is 56.8 Å². The molecule has 2 heterocycles. The standard InChI is InChI=1S/C22H28N4O2/c1-25(2)20-14-26(13-19(20)15-4-8-18(28-3)9-5-15)21-12-16(10-11-23-21)22(27)24-17-6-7-17/h4-5,8-12,17,19-20H,6-7,13-14H2,1-3H3,(H,24,27). The van der Waals surface area contributed by atoms with Crippen molar-refractivity contribution >= 4 is 11.7 Å². The smallest absolute Gasteiger partial charge is 0.251 e. The molecule has 1 saturated carbocycles. The molecular formula is C22H28N4O2. The summed E-state index contributed by atoms with van der Waals surface area (Å²) >= 11 is 0. The molecule has 1 aliphatic heterocycles. The van der Waals surface area contributed by atoms with Crippen molar-refractivity contribution < 1.29 is 9.53 Å². The Morgan fingerprint density at radius 1 is 1.18 bits per heavy atom. The first-order valence-corrected chi connectivity index (χ1v) is 9.87. The molecular weight excluding hydrogens is 352 g/mol. The van der Waals surface area contributed by atoms with E-state index >= 15 is 0 Å². The van der Waals surface area contributed by atoms with Crippen LogP contribution in [-0.2, 0) is 0 Å². The van der Waals surface area contributed by atoms with Gasteiger partial charge in [0.1, 0.15) is 11.6 Å². The Labute approximate surface area is 166 Å². The molecule has 1 saturated heterocycles. The number of nitrogens with zero attached hydrogens (tertiary/aromatic N) is 3. The first-order valence-electron chi connectivity index (χ1n) is 9.87. The van der Waals surface area contributed by atoms with Gasteiger partial charge in [-0.1, -0.05) is 12.1 Å². The quantitative estimate of drug-likeness (QED) is 0.835. The van der Waals surface area contributed by atoms with E-state index in [-0.39, 0.29) is 5.91 Å². The van der Waals surface area contributed by atoms with Crippen molar-refractivity contribution in [3.63, 3.8) is 0 Å². The van der Waals surface area contributed by atoms with Crippen molar-refractivity contribution in [1.82, 2.24) is 15.2 Å². The molecule has 2 unspecified atom stereocenters. The van der Waals surface area contributed by atoms with Gasteiger partial charge in [-0.25, -0.2) is 4.98 Å². The van der Waals surface area contributed by atoms with Crippen LogP contribution >= 0.6 is 0 Å². The molecule has 6 heteroatoms. The molecule has 2 aromatic rings. The lowest BCUT2D eigenvalue weighted by atomic mass is 9.93. The van der Waals surface area contributed by atoms with Gasteiger partial charge in [-0.2, -0.15) is 0 Å². The largest absolute Gasteiger partial charge is 0.497 e. The van der Waals surface area contributed by atoms with Gasteiger partial charge in [0.15, 0.2) is 0 Å². The van der Waals surface area contributed by atoms with Crippen molar-refractivity contribution in [1.29, 1.82) is 0 Å². The van der Waals surface area contributed by atoms with Crippen LogP contribution in [0.4, 0.5) is 5.82 Å². The maximum atomic E-state index is 12.4. The van der Waals surface area contributed by atoms with Crippen LogP contribution in [0.15, 0.2) is 42.6 Å². The van der Waals surface area contributed by atoms with E-state index in [0.29, 0.717) is 23.6 Å². The number of amides is 1. The Kier molecular flexibility index (Phi) is 5.22. The number of ether oxygens (including phenoxy) is 1. The summed E-state index contributed by atoms with van der Waals surface area (Å²) in [5.74, 6) is 2.11. The molecule has 1 aliphatic carbocycles. The highest BCUT2D eigenvalue weighted by molar-refractivity contribution is 5.95. The third-order valence-electron chi connectivity index (χ3n) is 5.74. The first kappa shape index (κ1) is 18.7. The fourth-order valence-corrected chi connectivity index (χ4v) is 3.90. The van der Waals surface area contributed by atoms with Crippen LogP contribution in [-0.4, -0.2) is 62.2 Å². The van der Waals surface area contributed by atoms with Gasteiger partial charge in [0.25, 0.3) is 5.91 Å². The Bertz CT molecular complexity index is 833. The SMILES string of the molecule is COc1ccc(C2CN(c3cc(C(=O)NC4CC4)ccn3)CC2N(C)C)cc1. The summed E-state index contributed by atoms with van der Waals surface area (Å²) in [5.41, 5.74) is 1.98. The van der Waals surface area contributed by atoms with E-state index in [0.717, 1.165) is 37.5 Å². The number of hydrogen-bond acceptors (Lipinski definition) is 5. The third kappa shape index (κ3) is 3.97. The van der Waals surface area contributed by atoms with Crippen molar-refractivity contribution in [3.05, 3.63) is 53.7 Å². The minimum absolute atomic E-state index is 0.00112. The number of anilines is 1. The molecule has 2 atom stereocenters. The third-order valence-corrected chi connectivity index (χ3v) is 5.74. The van der Waals surface area contributed by atoms with Gasteiger partial charge in [-0.15, -0.1) is 0 Å². The van der Waals surface area contributed by atoms with Crippen LogP contribution in [0.3, 0.4) is 0 Å². The lowest BCUT2D eigenvalue weighted by molar-refractivity contribution is 0.0951. The van der Waals surface area contributed by atoms with E-state index in [4.69, 9.17) is 4.74 Å². The van der Waals surface area contributed by atoms with Crippen LogP contribution in [0.1, 0.15) is 34.7 Å². The number of methoxy groups -OCH3 is 1. The van der Waals surface area contributed by atoms with Crippen LogP contribution in [0, 0.1) is 0 Å². The zero-order valence-corrected chi connectivity index (χ0v) is 16.8. The maximum absolute atomic E-state index is 12.4. The van der Waals surface area contributed by atoms with E-state index in [9.17, 15) is 4.79 Å². The van der Waals surface area contributed by atoms with Gasteiger partial charge >= 0.3 is 0 Å². The fourth-order valence-electron chi connectivity index (χ4n) is 3.90. The van der Waals surface area contributed by atoms with Gasteiger partial charge in [0.05, 0.1) is 7.11 Å².